The average molecular weight is 617 g/mol. The van der Waals surface area contributed by atoms with E-state index in [4.69, 9.17) is 4.74 Å². The molecule has 224 valence electrons. The highest BCUT2D eigenvalue weighted by Gasteiger charge is 2.27. The molecule has 2 N–H and O–H groups in total. The maximum absolute atomic E-state index is 13.7. The number of hydrogen-bond donors (Lipinski definition) is 2. The summed E-state index contributed by atoms with van der Waals surface area (Å²) in [5.41, 5.74) is 5.80. The van der Waals surface area contributed by atoms with Crippen LogP contribution in [-0.4, -0.2) is 38.3 Å². The van der Waals surface area contributed by atoms with E-state index >= 15 is 0 Å². The van der Waals surface area contributed by atoms with Crippen LogP contribution in [0.3, 0.4) is 0 Å². The highest BCUT2D eigenvalue weighted by atomic mass is 32.2. The highest BCUT2D eigenvalue weighted by molar-refractivity contribution is 7.98. The van der Waals surface area contributed by atoms with Crippen molar-refractivity contribution in [1.82, 2.24) is 10.0 Å². The summed E-state index contributed by atoms with van der Waals surface area (Å²) in [6, 6.07) is 28.3. The van der Waals surface area contributed by atoms with Gasteiger partial charge in [-0.2, -0.15) is 11.8 Å². The van der Waals surface area contributed by atoms with E-state index in [1.165, 1.54) is 23.9 Å². The predicted molar refractivity (Wildman–Crippen MR) is 172 cm³/mol. The molecular formula is C34H36N2O5S2. The number of carbonyl (C=O) groups is 2. The number of benzene rings is 4. The fourth-order valence-corrected chi connectivity index (χ4v) is 6.05. The minimum absolute atomic E-state index is 0.0201. The van der Waals surface area contributed by atoms with E-state index in [1.54, 1.807) is 18.2 Å². The van der Waals surface area contributed by atoms with Gasteiger partial charge in [-0.1, -0.05) is 78.4 Å². The van der Waals surface area contributed by atoms with Crippen molar-refractivity contribution in [3.63, 3.8) is 0 Å². The Labute approximate surface area is 258 Å². The van der Waals surface area contributed by atoms with Crippen LogP contribution in [0.4, 0.5) is 0 Å². The summed E-state index contributed by atoms with van der Waals surface area (Å²) >= 11 is 1.50. The SMILES string of the molecule is CSCCC(NC(=O)c1ccc(COCc2ccccc2)cc1-c1ccccc1C)C(=O)NS(=O)(=O)c1ccc(C)cc1. The largest absolute Gasteiger partial charge is 0.372 e. The van der Waals surface area contributed by atoms with Gasteiger partial charge in [-0.3, -0.25) is 9.59 Å². The van der Waals surface area contributed by atoms with E-state index in [1.807, 2.05) is 86.8 Å². The lowest BCUT2D eigenvalue weighted by molar-refractivity contribution is -0.121. The van der Waals surface area contributed by atoms with Gasteiger partial charge >= 0.3 is 0 Å². The smallest absolute Gasteiger partial charge is 0.264 e. The van der Waals surface area contributed by atoms with Crippen LogP contribution in [0.25, 0.3) is 11.1 Å². The summed E-state index contributed by atoms with van der Waals surface area (Å²) < 4.78 is 33.9. The van der Waals surface area contributed by atoms with Gasteiger partial charge in [0.05, 0.1) is 18.1 Å². The van der Waals surface area contributed by atoms with E-state index < -0.39 is 27.9 Å². The molecule has 0 fully saturated rings. The molecular weight excluding hydrogens is 581 g/mol. The lowest BCUT2D eigenvalue weighted by Gasteiger charge is -2.20. The molecule has 2 amide bonds. The Kier molecular flexibility index (Phi) is 11.2. The summed E-state index contributed by atoms with van der Waals surface area (Å²) in [7, 11) is -4.11. The van der Waals surface area contributed by atoms with E-state index in [-0.39, 0.29) is 11.3 Å². The van der Waals surface area contributed by atoms with Crippen molar-refractivity contribution in [2.75, 3.05) is 12.0 Å². The molecule has 0 spiro atoms. The number of amides is 2. The monoisotopic (exact) mass is 616 g/mol. The minimum Gasteiger partial charge on any atom is -0.372 e. The van der Waals surface area contributed by atoms with Crippen LogP contribution in [0.2, 0.25) is 0 Å². The van der Waals surface area contributed by atoms with Crippen molar-refractivity contribution >= 4 is 33.6 Å². The van der Waals surface area contributed by atoms with Gasteiger partial charge < -0.3 is 10.1 Å². The molecule has 1 atom stereocenters. The zero-order valence-electron chi connectivity index (χ0n) is 24.5. The van der Waals surface area contributed by atoms with Crippen molar-refractivity contribution in [2.45, 2.75) is 44.4 Å². The van der Waals surface area contributed by atoms with Gasteiger partial charge in [0.15, 0.2) is 0 Å². The normalized spacial score (nSPS) is 12.0. The van der Waals surface area contributed by atoms with Crippen molar-refractivity contribution in [3.05, 3.63) is 125 Å². The van der Waals surface area contributed by atoms with Crippen LogP contribution in [0.5, 0.6) is 0 Å². The Morgan fingerprint density at radius 3 is 2.19 bits per heavy atom. The second-order valence-electron chi connectivity index (χ2n) is 10.3. The first-order valence-electron chi connectivity index (χ1n) is 13.9. The van der Waals surface area contributed by atoms with E-state index in [0.29, 0.717) is 30.1 Å². The quantitative estimate of drug-likeness (QED) is 0.190. The molecule has 0 radical (unpaired) electrons. The van der Waals surface area contributed by atoms with E-state index in [0.717, 1.165) is 27.8 Å². The van der Waals surface area contributed by atoms with Crippen molar-refractivity contribution in [1.29, 1.82) is 0 Å². The van der Waals surface area contributed by atoms with Crippen molar-refractivity contribution < 1.29 is 22.7 Å². The standard InChI is InChI=1S/C34H36N2O5S2/c1-24-13-16-28(17-14-24)43(39,40)36-34(38)32(19-20-42-3)35-33(37)30-18-15-27(23-41-22-26-10-5-4-6-11-26)21-31(30)29-12-8-7-9-25(29)2/h4-18,21,32H,19-20,22-23H2,1-3H3,(H,35,37)(H,36,38). The van der Waals surface area contributed by atoms with Gasteiger partial charge in [0.2, 0.25) is 0 Å². The molecule has 0 aliphatic rings. The molecule has 0 heterocycles. The Hall–Kier alpha value is -3.92. The maximum atomic E-state index is 13.7. The number of rotatable bonds is 13. The van der Waals surface area contributed by atoms with Crippen LogP contribution < -0.4 is 10.0 Å². The van der Waals surface area contributed by atoms with E-state index in [9.17, 15) is 18.0 Å². The summed E-state index contributed by atoms with van der Waals surface area (Å²) in [4.78, 5) is 27.0. The van der Waals surface area contributed by atoms with Crippen LogP contribution in [0, 0.1) is 13.8 Å². The summed E-state index contributed by atoms with van der Waals surface area (Å²) in [5.74, 6) is -0.707. The number of thioether (sulfide) groups is 1. The fraction of sp³-hybridized carbons (Fsp3) is 0.235. The Bertz CT molecular complexity index is 1660. The molecule has 0 bridgehead atoms. The topological polar surface area (TPSA) is 102 Å². The number of ether oxygens (including phenoxy) is 1. The molecule has 0 saturated carbocycles. The Balaban J connectivity index is 1.57. The zero-order chi connectivity index (χ0) is 30.8. The average Bonchev–Trinajstić information content (AvgIpc) is 3.00. The highest BCUT2D eigenvalue weighted by Crippen LogP contribution is 2.29. The summed E-state index contributed by atoms with van der Waals surface area (Å²) in [6.07, 6.45) is 2.14. The number of carbonyl (C=O) groups excluding carboxylic acids is 2. The van der Waals surface area contributed by atoms with Crippen LogP contribution in [0.1, 0.15) is 39.0 Å². The lowest BCUT2D eigenvalue weighted by Crippen LogP contribution is -2.48. The first-order chi connectivity index (χ1) is 20.7. The molecule has 43 heavy (non-hydrogen) atoms. The summed E-state index contributed by atoms with van der Waals surface area (Å²) in [5, 5.41) is 2.80. The summed E-state index contributed by atoms with van der Waals surface area (Å²) in [6.45, 7) is 4.63. The molecule has 0 aromatic heterocycles. The maximum Gasteiger partial charge on any atom is 0.264 e. The first-order valence-corrected chi connectivity index (χ1v) is 16.8. The van der Waals surface area contributed by atoms with Gasteiger partial charge in [-0.25, -0.2) is 13.1 Å². The molecule has 7 nitrogen and oxygen atoms in total. The number of aryl methyl sites for hydroxylation is 2. The lowest BCUT2D eigenvalue weighted by atomic mass is 9.93. The molecule has 1 unspecified atom stereocenters. The third-order valence-electron chi connectivity index (χ3n) is 6.94. The second-order valence-corrected chi connectivity index (χ2v) is 12.9. The van der Waals surface area contributed by atoms with Crippen LogP contribution in [0.15, 0.2) is 102 Å². The number of nitrogens with one attached hydrogen (secondary N) is 2. The van der Waals surface area contributed by atoms with Crippen LogP contribution >= 0.6 is 11.8 Å². The third kappa shape index (κ3) is 8.79. The molecule has 4 rings (SSSR count). The number of hydrogen-bond acceptors (Lipinski definition) is 6. The molecule has 0 aliphatic carbocycles. The Morgan fingerprint density at radius 1 is 0.814 bits per heavy atom. The van der Waals surface area contributed by atoms with Gasteiger partial charge in [-0.15, -0.1) is 0 Å². The van der Waals surface area contributed by atoms with Gasteiger partial charge in [0, 0.05) is 5.56 Å². The predicted octanol–water partition coefficient (Wildman–Crippen LogP) is 6.04. The van der Waals surface area contributed by atoms with Gasteiger partial charge in [-0.05, 0) is 84.4 Å². The fourth-order valence-electron chi connectivity index (χ4n) is 4.56. The van der Waals surface area contributed by atoms with E-state index in [2.05, 4.69) is 10.0 Å². The molecule has 4 aromatic carbocycles. The molecule has 4 aromatic rings. The van der Waals surface area contributed by atoms with Gasteiger partial charge in [0.1, 0.15) is 6.04 Å². The van der Waals surface area contributed by atoms with Crippen molar-refractivity contribution in [2.24, 2.45) is 0 Å². The molecule has 0 aliphatic heterocycles. The first kappa shape index (κ1) is 32.0. The van der Waals surface area contributed by atoms with Crippen LogP contribution in [-0.2, 0) is 32.8 Å². The Morgan fingerprint density at radius 2 is 1.49 bits per heavy atom. The van der Waals surface area contributed by atoms with Crippen molar-refractivity contribution in [3.8, 4) is 11.1 Å². The molecule has 0 saturated heterocycles. The third-order valence-corrected chi connectivity index (χ3v) is 8.95. The van der Waals surface area contributed by atoms with Gasteiger partial charge in [0.25, 0.3) is 21.8 Å². The minimum atomic E-state index is -4.11. The number of sulfonamides is 1. The zero-order valence-corrected chi connectivity index (χ0v) is 26.1. The second kappa shape index (κ2) is 15.0. The molecule has 9 heteroatoms.